The molecule has 3 aromatic rings. The molecule has 250 valence electrons. The Labute approximate surface area is 281 Å². The standard InChI is InChI=1S/C36H41ClFN3O5S/c1-23-6-5-16-36(43,29-11-15-34(38)39-20-29)31-13-9-27(31)21-41-17-4-3-7-25-18-30(37)12-8-28(25)22-46-33-14-10-26(19-32(33)41)35(42)40-47(44,45)24(23)2/h5,8,10-12,14-16,18-20,23-24,27,31,43H,3-4,6-7,9,13,17,21-22H2,1-2H3,(H,40,42)/b16-5+/t23-,24+,27-,31+,36+/m0/s1. The Balaban J connectivity index is 1.43. The van der Waals surface area contributed by atoms with Crippen molar-refractivity contribution in [1.82, 2.24) is 9.71 Å². The van der Waals surface area contributed by atoms with Crippen molar-refractivity contribution in [3.63, 3.8) is 0 Å². The number of nitrogens with one attached hydrogen (secondary N) is 1. The van der Waals surface area contributed by atoms with Crippen LogP contribution in [0.4, 0.5) is 10.1 Å². The van der Waals surface area contributed by atoms with E-state index >= 15 is 0 Å². The van der Waals surface area contributed by atoms with Crippen molar-refractivity contribution in [3.8, 4) is 5.75 Å². The fourth-order valence-corrected chi connectivity index (χ4v) is 8.50. The van der Waals surface area contributed by atoms with Crippen LogP contribution in [0.15, 0.2) is 66.9 Å². The van der Waals surface area contributed by atoms with Crippen LogP contribution in [0.5, 0.6) is 5.75 Å². The summed E-state index contributed by atoms with van der Waals surface area (Å²) in [6.07, 6.45) is 9.45. The smallest absolute Gasteiger partial charge is 0.264 e. The molecule has 1 fully saturated rings. The molecule has 1 saturated carbocycles. The van der Waals surface area contributed by atoms with Crippen LogP contribution in [-0.2, 0) is 28.7 Å². The molecule has 2 aliphatic heterocycles. The van der Waals surface area contributed by atoms with Gasteiger partial charge >= 0.3 is 0 Å². The largest absolute Gasteiger partial charge is 0.487 e. The third kappa shape index (κ3) is 7.05. The average Bonchev–Trinajstić information content (AvgIpc) is 3.05. The van der Waals surface area contributed by atoms with E-state index in [1.165, 1.54) is 12.3 Å². The molecule has 8 nitrogen and oxygen atoms in total. The number of pyridine rings is 1. The number of hydrogen-bond donors (Lipinski definition) is 2. The van der Waals surface area contributed by atoms with Gasteiger partial charge in [-0.25, -0.2) is 18.1 Å². The van der Waals surface area contributed by atoms with Crippen LogP contribution < -0.4 is 14.4 Å². The number of aliphatic hydroxyl groups is 1. The van der Waals surface area contributed by atoms with Crippen molar-refractivity contribution in [3.05, 3.63) is 100 Å². The lowest BCUT2D eigenvalue weighted by Gasteiger charge is -2.48. The van der Waals surface area contributed by atoms with Crippen LogP contribution in [0.3, 0.4) is 0 Å². The van der Waals surface area contributed by atoms with Gasteiger partial charge in [-0.15, -0.1) is 0 Å². The number of rotatable bonds is 1. The second-order valence-electron chi connectivity index (χ2n) is 13.2. The molecule has 5 atom stereocenters. The van der Waals surface area contributed by atoms with Gasteiger partial charge in [0.25, 0.3) is 5.91 Å². The predicted octanol–water partition coefficient (Wildman–Crippen LogP) is 6.55. The van der Waals surface area contributed by atoms with Crippen molar-refractivity contribution in [2.75, 3.05) is 18.0 Å². The van der Waals surface area contributed by atoms with Gasteiger partial charge in [-0.1, -0.05) is 36.7 Å². The van der Waals surface area contributed by atoms with Gasteiger partial charge in [0.2, 0.25) is 16.0 Å². The zero-order valence-electron chi connectivity index (χ0n) is 26.7. The van der Waals surface area contributed by atoms with Gasteiger partial charge in [-0.3, -0.25) is 4.79 Å². The Morgan fingerprint density at radius 3 is 2.66 bits per heavy atom. The van der Waals surface area contributed by atoms with E-state index in [9.17, 15) is 22.7 Å². The number of aryl methyl sites for hydroxylation is 1. The minimum atomic E-state index is -4.03. The lowest BCUT2D eigenvalue weighted by molar-refractivity contribution is -0.0501. The van der Waals surface area contributed by atoms with E-state index < -0.39 is 32.7 Å². The Morgan fingerprint density at radius 2 is 1.91 bits per heavy atom. The maximum absolute atomic E-state index is 13.9. The zero-order chi connectivity index (χ0) is 33.3. The lowest BCUT2D eigenvalue weighted by atomic mass is 9.62. The molecule has 3 aliphatic rings. The van der Waals surface area contributed by atoms with E-state index in [1.54, 1.807) is 50.3 Å². The molecule has 3 heterocycles. The molecule has 47 heavy (non-hydrogen) atoms. The topological polar surface area (TPSA) is 109 Å². The number of ether oxygens (including phenoxy) is 1. The normalized spacial score (nSPS) is 28.7. The third-order valence-corrected chi connectivity index (χ3v) is 12.4. The molecule has 0 radical (unpaired) electrons. The minimum Gasteiger partial charge on any atom is -0.487 e. The molecule has 2 aromatic carbocycles. The van der Waals surface area contributed by atoms with E-state index in [4.69, 9.17) is 16.3 Å². The van der Waals surface area contributed by atoms with Crippen LogP contribution in [0.1, 0.15) is 73.0 Å². The maximum Gasteiger partial charge on any atom is 0.264 e. The number of benzene rings is 2. The second kappa shape index (κ2) is 13.6. The maximum atomic E-state index is 13.9. The van der Waals surface area contributed by atoms with Gasteiger partial charge in [0.05, 0.1) is 10.9 Å². The fraction of sp³-hybridized carbons (Fsp3) is 0.444. The Morgan fingerprint density at radius 1 is 1.09 bits per heavy atom. The summed E-state index contributed by atoms with van der Waals surface area (Å²) in [6, 6.07) is 13.7. The van der Waals surface area contributed by atoms with E-state index in [-0.39, 0.29) is 23.3 Å². The molecular weight excluding hydrogens is 641 g/mol. The van der Waals surface area contributed by atoms with Crippen LogP contribution in [0.2, 0.25) is 5.02 Å². The summed E-state index contributed by atoms with van der Waals surface area (Å²) in [5, 5.41) is 12.1. The van der Waals surface area contributed by atoms with Crippen LogP contribution in [-0.4, -0.2) is 42.8 Å². The van der Waals surface area contributed by atoms with Gasteiger partial charge in [0.1, 0.15) is 18.0 Å². The molecular formula is C36H41ClFN3O5S. The molecule has 6 rings (SSSR count). The number of sulfonamides is 1. The molecule has 1 aliphatic carbocycles. The minimum absolute atomic E-state index is 0.0609. The second-order valence-corrected chi connectivity index (χ2v) is 15.7. The highest BCUT2D eigenvalue weighted by molar-refractivity contribution is 7.90. The fourth-order valence-electron chi connectivity index (χ4n) is 7.02. The van der Waals surface area contributed by atoms with E-state index in [2.05, 4.69) is 14.6 Å². The van der Waals surface area contributed by atoms with Crippen LogP contribution in [0.25, 0.3) is 0 Å². The van der Waals surface area contributed by atoms with Gasteiger partial charge in [-0.2, -0.15) is 4.39 Å². The average molecular weight is 682 g/mol. The number of hydrogen-bond acceptors (Lipinski definition) is 7. The predicted molar refractivity (Wildman–Crippen MR) is 180 cm³/mol. The quantitative estimate of drug-likeness (QED) is 0.221. The Bertz CT molecular complexity index is 1770. The van der Waals surface area contributed by atoms with Crippen molar-refractivity contribution >= 4 is 33.2 Å². The van der Waals surface area contributed by atoms with Gasteiger partial charge in [0, 0.05) is 41.4 Å². The summed E-state index contributed by atoms with van der Waals surface area (Å²) in [7, 11) is -4.03. The van der Waals surface area contributed by atoms with Crippen molar-refractivity contribution in [2.45, 2.75) is 69.8 Å². The summed E-state index contributed by atoms with van der Waals surface area (Å²) in [5.41, 5.74) is 2.12. The molecule has 11 heteroatoms. The summed E-state index contributed by atoms with van der Waals surface area (Å²) in [5.74, 6) is -1.25. The van der Waals surface area contributed by atoms with Crippen molar-refractivity contribution < 1.29 is 27.4 Å². The van der Waals surface area contributed by atoms with E-state index in [1.807, 2.05) is 18.2 Å². The first-order chi connectivity index (χ1) is 22.4. The highest BCUT2D eigenvalue weighted by Gasteiger charge is 2.47. The Kier molecular flexibility index (Phi) is 9.65. The zero-order valence-corrected chi connectivity index (χ0v) is 28.2. The summed E-state index contributed by atoms with van der Waals surface area (Å²) in [4.78, 5) is 19.5. The molecule has 0 saturated heterocycles. The van der Waals surface area contributed by atoms with Crippen molar-refractivity contribution in [1.29, 1.82) is 0 Å². The Hall–Kier alpha value is -3.47. The summed E-state index contributed by atoms with van der Waals surface area (Å²) < 4.78 is 49.3. The summed E-state index contributed by atoms with van der Waals surface area (Å²) >= 11 is 6.33. The lowest BCUT2D eigenvalue weighted by Crippen LogP contribution is -2.48. The number of carbonyl (C=O) groups is 1. The first kappa shape index (κ1) is 33.4. The highest BCUT2D eigenvalue weighted by atomic mass is 35.5. The number of carbonyl (C=O) groups excluding carboxylic acids is 1. The molecule has 2 bridgehead atoms. The number of halogens is 2. The number of nitrogens with zero attached hydrogens (tertiary/aromatic N) is 2. The monoisotopic (exact) mass is 681 g/mol. The number of amides is 1. The van der Waals surface area contributed by atoms with Gasteiger partial charge in [0.15, 0.2) is 0 Å². The van der Waals surface area contributed by atoms with Crippen molar-refractivity contribution in [2.24, 2.45) is 17.8 Å². The highest BCUT2D eigenvalue weighted by Crippen LogP contribution is 2.49. The van der Waals surface area contributed by atoms with E-state index in [0.717, 1.165) is 43.2 Å². The first-order valence-electron chi connectivity index (χ1n) is 16.3. The molecule has 1 amide bonds. The molecule has 1 aromatic heterocycles. The summed E-state index contributed by atoms with van der Waals surface area (Å²) in [6.45, 7) is 4.90. The van der Waals surface area contributed by atoms with Gasteiger partial charge in [-0.05, 0) is 111 Å². The number of fused-ring (bicyclic) bond motifs is 3. The molecule has 0 spiro atoms. The number of allylic oxidation sites excluding steroid dienone is 1. The van der Waals surface area contributed by atoms with E-state index in [0.29, 0.717) is 48.1 Å². The van der Waals surface area contributed by atoms with Crippen LogP contribution >= 0.6 is 11.6 Å². The third-order valence-electron chi connectivity index (χ3n) is 10.3. The SMILES string of the molecule is C[C@@H]1[C@@H](C)C/C=C/[C@@](O)(c2ccc(F)nc2)[C@@H]2CC[C@H]2CN2CCCCc3cc(Cl)ccc3COc3ccc(cc32)C(=O)NS1(=O)=O. The number of aromatic nitrogens is 1. The molecule has 2 N–H and O–H groups in total. The first-order valence-corrected chi connectivity index (χ1v) is 18.2. The van der Waals surface area contributed by atoms with Crippen LogP contribution in [0, 0.1) is 23.7 Å². The molecule has 0 unspecified atom stereocenters. The number of anilines is 1. The van der Waals surface area contributed by atoms with Gasteiger partial charge < -0.3 is 14.7 Å².